The smallest absolute Gasteiger partial charge is 0.261 e. The first-order valence-corrected chi connectivity index (χ1v) is 8.20. The summed E-state index contributed by atoms with van der Waals surface area (Å²) >= 11 is 1.38. The first-order valence-electron chi connectivity index (χ1n) is 7.39. The lowest BCUT2D eigenvalue weighted by Gasteiger charge is -2.22. The number of ether oxygens (including phenoxy) is 1. The van der Waals surface area contributed by atoms with Gasteiger partial charge in [-0.05, 0) is 37.8 Å². The molecule has 0 saturated carbocycles. The molecule has 0 aromatic carbocycles. The summed E-state index contributed by atoms with van der Waals surface area (Å²) in [5, 5.41) is 11.6. The molecule has 0 spiro atoms. The molecule has 1 aliphatic heterocycles. The molecule has 2 rings (SSSR count). The van der Waals surface area contributed by atoms with Gasteiger partial charge in [0, 0.05) is 19.6 Å². The predicted molar refractivity (Wildman–Crippen MR) is 83.4 cm³/mol. The van der Waals surface area contributed by atoms with Crippen molar-refractivity contribution >= 4 is 17.2 Å². The summed E-state index contributed by atoms with van der Waals surface area (Å²) < 4.78 is 5.64. The van der Waals surface area contributed by atoms with E-state index in [1.165, 1.54) is 17.8 Å². The first kappa shape index (κ1) is 16.0. The van der Waals surface area contributed by atoms with Crippen molar-refractivity contribution in [1.82, 2.24) is 5.32 Å². The number of thiophene rings is 1. The highest BCUT2D eigenvalue weighted by atomic mass is 32.1. The summed E-state index contributed by atoms with van der Waals surface area (Å²) in [5.41, 5.74) is 0. The Kier molecular flexibility index (Phi) is 6.74. The fraction of sp³-hybridized carbons (Fsp3) is 0.562. The number of rotatable bonds is 5. The zero-order chi connectivity index (χ0) is 14.9. The van der Waals surface area contributed by atoms with Gasteiger partial charge in [-0.1, -0.05) is 11.8 Å². The molecule has 1 atom stereocenters. The van der Waals surface area contributed by atoms with Crippen LogP contribution in [0.3, 0.4) is 0 Å². The number of hydrogen-bond donors (Lipinski definition) is 2. The van der Waals surface area contributed by atoms with Crippen molar-refractivity contribution in [2.75, 3.05) is 19.8 Å². The van der Waals surface area contributed by atoms with E-state index < -0.39 is 0 Å². The Morgan fingerprint density at radius 2 is 2.38 bits per heavy atom. The van der Waals surface area contributed by atoms with Crippen LogP contribution in [0, 0.1) is 11.8 Å². The molecular formula is C16H21NO3S. The second-order valence-electron chi connectivity index (χ2n) is 4.97. The van der Waals surface area contributed by atoms with Gasteiger partial charge in [0.05, 0.1) is 22.5 Å². The summed E-state index contributed by atoms with van der Waals surface area (Å²) in [6, 6.07) is 3.63. The van der Waals surface area contributed by atoms with Gasteiger partial charge in [-0.25, -0.2) is 0 Å². The van der Waals surface area contributed by atoms with Crippen LogP contribution in [-0.2, 0) is 4.74 Å². The van der Waals surface area contributed by atoms with Gasteiger partial charge in [0.15, 0.2) is 0 Å². The fourth-order valence-corrected chi connectivity index (χ4v) is 3.00. The van der Waals surface area contributed by atoms with Crippen molar-refractivity contribution in [3.05, 3.63) is 21.9 Å². The SMILES string of the molecule is O=C(NCCC1CCCCO1)c1ccc(C#CCCO)s1. The lowest BCUT2D eigenvalue weighted by Crippen LogP contribution is -2.28. The number of carbonyl (C=O) groups excluding carboxylic acids is 1. The van der Waals surface area contributed by atoms with E-state index in [1.54, 1.807) is 6.07 Å². The van der Waals surface area contributed by atoms with E-state index >= 15 is 0 Å². The number of amides is 1. The van der Waals surface area contributed by atoms with Crippen molar-refractivity contribution in [2.24, 2.45) is 0 Å². The predicted octanol–water partition coefficient (Wildman–Crippen LogP) is 2.17. The van der Waals surface area contributed by atoms with Crippen molar-refractivity contribution in [3.8, 4) is 11.8 Å². The molecule has 4 nitrogen and oxygen atoms in total. The number of carbonyl (C=O) groups is 1. The molecule has 1 unspecified atom stereocenters. The third-order valence-corrected chi connectivity index (χ3v) is 4.30. The molecular weight excluding hydrogens is 286 g/mol. The van der Waals surface area contributed by atoms with Gasteiger partial charge in [0.2, 0.25) is 0 Å². The lowest BCUT2D eigenvalue weighted by molar-refractivity contribution is 0.0117. The summed E-state index contributed by atoms with van der Waals surface area (Å²) in [7, 11) is 0. The summed E-state index contributed by atoms with van der Waals surface area (Å²) in [6.45, 7) is 1.56. The number of nitrogens with one attached hydrogen (secondary N) is 1. The van der Waals surface area contributed by atoms with Crippen LogP contribution in [0.2, 0.25) is 0 Å². The maximum atomic E-state index is 12.0. The summed E-state index contributed by atoms with van der Waals surface area (Å²) in [5.74, 6) is 5.74. The van der Waals surface area contributed by atoms with E-state index in [4.69, 9.17) is 9.84 Å². The Bertz CT molecular complexity index is 509. The van der Waals surface area contributed by atoms with Gasteiger partial charge in [-0.2, -0.15) is 0 Å². The van der Waals surface area contributed by atoms with Crippen LogP contribution in [-0.4, -0.2) is 36.9 Å². The topological polar surface area (TPSA) is 58.6 Å². The molecule has 5 heteroatoms. The van der Waals surface area contributed by atoms with E-state index in [-0.39, 0.29) is 12.5 Å². The Morgan fingerprint density at radius 3 is 3.14 bits per heavy atom. The Hall–Kier alpha value is -1.35. The van der Waals surface area contributed by atoms with Gasteiger partial charge in [-0.15, -0.1) is 11.3 Å². The van der Waals surface area contributed by atoms with E-state index in [0.717, 1.165) is 30.7 Å². The minimum absolute atomic E-state index is 0.0500. The third kappa shape index (κ3) is 5.50. The monoisotopic (exact) mass is 307 g/mol. The van der Waals surface area contributed by atoms with Crippen LogP contribution < -0.4 is 5.32 Å². The van der Waals surface area contributed by atoms with Crippen molar-refractivity contribution < 1.29 is 14.6 Å². The molecule has 1 aliphatic rings. The van der Waals surface area contributed by atoms with E-state index in [2.05, 4.69) is 17.2 Å². The first-order chi connectivity index (χ1) is 10.3. The van der Waals surface area contributed by atoms with Crippen molar-refractivity contribution in [3.63, 3.8) is 0 Å². The molecule has 0 radical (unpaired) electrons. The normalized spacial score (nSPS) is 17.9. The standard InChI is InChI=1S/C16H21NO3S/c18-11-3-1-6-14-7-8-15(21-14)16(19)17-10-9-13-5-2-4-12-20-13/h7-8,13,18H,2-5,9-12H2,(H,17,19). The lowest BCUT2D eigenvalue weighted by atomic mass is 10.1. The second kappa shape index (κ2) is 8.83. The van der Waals surface area contributed by atoms with Crippen LogP contribution >= 0.6 is 11.3 Å². The second-order valence-corrected chi connectivity index (χ2v) is 6.06. The molecule has 1 aromatic rings. The molecule has 114 valence electrons. The fourth-order valence-electron chi connectivity index (χ4n) is 2.20. The Morgan fingerprint density at radius 1 is 1.48 bits per heavy atom. The average molecular weight is 307 g/mol. The maximum Gasteiger partial charge on any atom is 0.261 e. The van der Waals surface area contributed by atoms with Crippen molar-refractivity contribution in [1.29, 1.82) is 0 Å². The van der Waals surface area contributed by atoms with Crippen LogP contribution in [0.4, 0.5) is 0 Å². The quantitative estimate of drug-likeness (QED) is 0.820. The van der Waals surface area contributed by atoms with Crippen LogP contribution in [0.25, 0.3) is 0 Å². The number of aliphatic hydroxyl groups is 1. The van der Waals surface area contributed by atoms with Crippen LogP contribution in [0.1, 0.15) is 46.7 Å². The molecule has 1 fully saturated rings. The molecule has 0 bridgehead atoms. The molecule has 2 heterocycles. The molecule has 21 heavy (non-hydrogen) atoms. The molecule has 1 saturated heterocycles. The highest BCUT2D eigenvalue weighted by Crippen LogP contribution is 2.16. The zero-order valence-electron chi connectivity index (χ0n) is 12.1. The van der Waals surface area contributed by atoms with E-state index in [1.807, 2.05) is 6.07 Å². The van der Waals surface area contributed by atoms with Gasteiger partial charge in [-0.3, -0.25) is 4.79 Å². The van der Waals surface area contributed by atoms with E-state index in [0.29, 0.717) is 23.9 Å². The van der Waals surface area contributed by atoms with Gasteiger partial charge >= 0.3 is 0 Å². The maximum absolute atomic E-state index is 12.0. The van der Waals surface area contributed by atoms with E-state index in [9.17, 15) is 4.79 Å². The Balaban J connectivity index is 1.74. The van der Waals surface area contributed by atoms with Gasteiger partial charge < -0.3 is 15.2 Å². The number of aliphatic hydroxyl groups excluding tert-OH is 1. The van der Waals surface area contributed by atoms with Gasteiger partial charge in [0.25, 0.3) is 5.91 Å². The molecule has 1 amide bonds. The largest absolute Gasteiger partial charge is 0.395 e. The van der Waals surface area contributed by atoms with Crippen LogP contribution in [0.15, 0.2) is 12.1 Å². The van der Waals surface area contributed by atoms with Crippen LogP contribution in [0.5, 0.6) is 0 Å². The highest BCUT2D eigenvalue weighted by Gasteiger charge is 2.14. The summed E-state index contributed by atoms with van der Waals surface area (Å²) in [6.07, 6.45) is 5.10. The molecule has 2 N–H and O–H groups in total. The minimum Gasteiger partial charge on any atom is -0.395 e. The Labute approximate surface area is 129 Å². The highest BCUT2D eigenvalue weighted by molar-refractivity contribution is 7.14. The molecule has 0 aliphatic carbocycles. The van der Waals surface area contributed by atoms with Gasteiger partial charge in [0.1, 0.15) is 0 Å². The third-order valence-electron chi connectivity index (χ3n) is 3.30. The molecule has 1 aromatic heterocycles. The zero-order valence-corrected chi connectivity index (χ0v) is 12.9. The average Bonchev–Trinajstić information content (AvgIpc) is 2.97. The number of hydrogen-bond acceptors (Lipinski definition) is 4. The summed E-state index contributed by atoms with van der Waals surface area (Å²) in [4.78, 5) is 13.5. The minimum atomic E-state index is -0.0500. The van der Waals surface area contributed by atoms with Crippen molar-refractivity contribution in [2.45, 2.75) is 38.2 Å².